The molecule has 5 atom stereocenters. The van der Waals surface area contributed by atoms with E-state index in [0.29, 0.717) is 0 Å². The Morgan fingerprint density at radius 3 is 1.61 bits per heavy atom. The molecular weight excluding hydrogens is 444 g/mol. The monoisotopic (exact) mass is 478 g/mol. The number of rotatable bonds is 10. The second-order valence-electron chi connectivity index (χ2n) is 7.43. The van der Waals surface area contributed by atoms with Crippen LogP contribution in [-0.2, 0) is 42.9 Å². The van der Waals surface area contributed by atoms with Gasteiger partial charge in [-0.25, -0.2) is 0 Å². The molecule has 178 valence electrons. The molecule has 0 amide bonds. The Morgan fingerprint density at radius 1 is 0.742 bits per heavy atom. The third-order valence-corrected chi connectivity index (χ3v) is 15.0. The molecule has 11 heteroatoms. The van der Waals surface area contributed by atoms with Crippen molar-refractivity contribution in [3.63, 3.8) is 0 Å². The summed E-state index contributed by atoms with van der Waals surface area (Å²) in [5, 5.41) is 0. The molecule has 0 N–H and O–H groups in total. The SMILES string of the molecule is CC[Si](CC)(CC)S[C@H]1O[C@H](COC(C)=O)[C@@H](OC(C)=O)[C@H](OC(C)=O)[C@@H]1OC(C)=O. The summed E-state index contributed by atoms with van der Waals surface area (Å²) in [6, 6.07) is 2.91. The molecule has 9 nitrogen and oxygen atoms in total. The number of carbonyl (C=O) groups is 4. The maximum Gasteiger partial charge on any atom is 0.303 e. The molecule has 0 spiro atoms. The van der Waals surface area contributed by atoms with E-state index in [0.717, 1.165) is 18.1 Å². The second kappa shape index (κ2) is 12.4. The Hall–Kier alpha value is -1.59. The smallest absolute Gasteiger partial charge is 0.303 e. The van der Waals surface area contributed by atoms with Gasteiger partial charge in [0.1, 0.15) is 25.4 Å². The van der Waals surface area contributed by atoms with Crippen LogP contribution in [0.25, 0.3) is 0 Å². The summed E-state index contributed by atoms with van der Waals surface area (Å²) in [7, 11) is -1.85. The van der Waals surface area contributed by atoms with Crippen LogP contribution < -0.4 is 0 Å². The molecule has 1 fully saturated rings. The summed E-state index contributed by atoms with van der Waals surface area (Å²) in [6.07, 6.45) is -4.09. The molecule has 1 aliphatic heterocycles. The van der Waals surface area contributed by atoms with Crippen molar-refractivity contribution in [2.75, 3.05) is 6.61 Å². The molecule has 0 aromatic carbocycles. The van der Waals surface area contributed by atoms with E-state index >= 15 is 0 Å². The lowest BCUT2D eigenvalue weighted by Crippen LogP contribution is -2.62. The van der Waals surface area contributed by atoms with Gasteiger partial charge >= 0.3 is 23.9 Å². The molecule has 1 heterocycles. The topological polar surface area (TPSA) is 114 Å². The molecule has 0 radical (unpaired) electrons. The average Bonchev–Trinajstić information content (AvgIpc) is 2.68. The van der Waals surface area contributed by atoms with Crippen LogP contribution in [0.2, 0.25) is 18.1 Å². The minimum atomic E-state index is -1.85. The van der Waals surface area contributed by atoms with Crippen LogP contribution in [0, 0.1) is 0 Å². The zero-order chi connectivity index (χ0) is 23.8. The molecule has 0 aromatic rings. The Balaban J connectivity index is 3.43. The number of hydrogen-bond acceptors (Lipinski definition) is 10. The van der Waals surface area contributed by atoms with Gasteiger partial charge in [0.2, 0.25) is 0 Å². The van der Waals surface area contributed by atoms with Crippen molar-refractivity contribution >= 4 is 42.3 Å². The first-order chi connectivity index (χ1) is 14.5. The van der Waals surface area contributed by atoms with E-state index < -0.39 is 61.0 Å². The first kappa shape index (κ1) is 27.4. The Bertz CT molecular complexity index is 644. The van der Waals surface area contributed by atoms with Crippen LogP contribution in [0.15, 0.2) is 0 Å². The number of carbonyl (C=O) groups excluding carboxylic acids is 4. The molecule has 0 unspecified atom stereocenters. The third kappa shape index (κ3) is 8.11. The molecule has 1 rings (SSSR count). The average molecular weight is 479 g/mol. The fourth-order valence-corrected chi connectivity index (χ4v) is 10.1. The number of ether oxygens (including phenoxy) is 5. The van der Waals surface area contributed by atoms with Gasteiger partial charge < -0.3 is 23.7 Å². The summed E-state index contributed by atoms with van der Waals surface area (Å²) in [6.45, 7) is 11.1. The molecule has 0 saturated carbocycles. The highest BCUT2D eigenvalue weighted by Gasteiger charge is 2.53. The molecule has 0 bridgehead atoms. The lowest BCUT2D eigenvalue weighted by molar-refractivity contribution is -0.237. The minimum absolute atomic E-state index is 0.201. The maximum absolute atomic E-state index is 11.9. The van der Waals surface area contributed by atoms with Gasteiger partial charge in [0.15, 0.2) is 18.3 Å². The molecule has 31 heavy (non-hydrogen) atoms. The van der Waals surface area contributed by atoms with Crippen LogP contribution in [0.1, 0.15) is 48.5 Å². The van der Waals surface area contributed by atoms with Crippen molar-refractivity contribution in [1.29, 1.82) is 0 Å². The van der Waals surface area contributed by atoms with Gasteiger partial charge in [-0.05, 0) is 0 Å². The minimum Gasteiger partial charge on any atom is -0.463 e. The predicted octanol–water partition coefficient (Wildman–Crippen LogP) is 2.81. The summed E-state index contributed by atoms with van der Waals surface area (Å²) in [5.74, 6) is -2.36. The van der Waals surface area contributed by atoms with E-state index in [1.54, 1.807) is 11.2 Å². The fraction of sp³-hybridized carbons (Fsp3) is 0.800. The highest BCUT2D eigenvalue weighted by molar-refractivity contribution is 8.29. The maximum atomic E-state index is 11.9. The molecule has 1 saturated heterocycles. The lowest BCUT2D eigenvalue weighted by Gasteiger charge is -2.46. The second-order valence-corrected chi connectivity index (χ2v) is 15.9. The van der Waals surface area contributed by atoms with Gasteiger partial charge in [0.05, 0.1) is 0 Å². The van der Waals surface area contributed by atoms with Crippen molar-refractivity contribution in [3.05, 3.63) is 0 Å². The van der Waals surface area contributed by atoms with Gasteiger partial charge in [-0.15, -0.1) is 0 Å². The van der Waals surface area contributed by atoms with Crippen molar-refractivity contribution in [3.8, 4) is 0 Å². The van der Waals surface area contributed by atoms with Crippen LogP contribution in [0.3, 0.4) is 0 Å². The zero-order valence-electron chi connectivity index (χ0n) is 19.3. The standard InChI is InChI=1S/C20H34O9SSi/c1-8-31(9-2,10-3)30-20-19(28-15(7)24)18(27-14(6)23)17(26-13(5)22)16(29-20)11-25-12(4)21/h16-20H,8-11H2,1-7H3/t16-,17-,18+,19+,20-/m1/s1. The van der Waals surface area contributed by atoms with Crippen LogP contribution in [-0.4, -0.2) is 67.6 Å². The summed E-state index contributed by atoms with van der Waals surface area (Å²) >= 11 is 1.62. The predicted molar refractivity (Wildman–Crippen MR) is 117 cm³/mol. The van der Waals surface area contributed by atoms with E-state index in [4.69, 9.17) is 23.7 Å². The summed E-state index contributed by atoms with van der Waals surface area (Å²) < 4.78 is 27.8. The van der Waals surface area contributed by atoms with Crippen LogP contribution >= 0.6 is 11.2 Å². The molecule has 0 aliphatic carbocycles. The Labute approximate surface area is 188 Å². The van der Waals surface area contributed by atoms with Gasteiger partial charge in [0.25, 0.3) is 0 Å². The zero-order valence-corrected chi connectivity index (χ0v) is 21.1. The molecule has 1 aliphatic rings. The Morgan fingerprint density at radius 2 is 1.19 bits per heavy atom. The quantitative estimate of drug-likeness (QED) is 0.264. The van der Waals surface area contributed by atoms with Crippen molar-refractivity contribution in [2.24, 2.45) is 0 Å². The first-order valence-corrected chi connectivity index (χ1v) is 14.7. The van der Waals surface area contributed by atoms with E-state index in [9.17, 15) is 19.2 Å². The van der Waals surface area contributed by atoms with Crippen molar-refractivity contribution in [1.82, 2.24) is 0 Å². The van der Waals surface area contributed by atoms with E-state index in [1.165, 1.54) is 27.7 Å². The van der Waals surface area contributed by atoms with Crippen LogP contribution in [0.5, 0.6) is 0 Å². The highest BCUT2D eigenvalue weighted by Crippen LogP contribution is 2.42. The molecular formula is C20H34O9SSi. The van der Waals surface area contributed by atoms with Crippen LogP contribution in [0.4, 0.5) is 0 Å². The van der Waals surface area contributed by atoms with E-state index in [2.05, 4.69) is 20.8 Å². The molecule has 0 aromatic heterocycles. The van der Waals surface area contributed by atoms with Crippen molar-refractivity contribution in [2.45, 2.75) is 96.5 Å². The largest absolute Gasteiger partial charge is 0.463 e. The van der Waals surface area contributed by atoms with Gasteiger partial charge in [-0.3, -0.25) is 19.2 Å². The summed E-state index contributed by atoms with van der Waals surface area (Å²) in [4.78, 5) is 46.9. The fourth-order valence-electron chi connectivity index (χ4n) is 3.53. The number of esters is 4. The number of hydrogen-bond donors (Lipinski definition) is 0. The lowest BCUT2D eigenvalue weighted by atomic mass is 9.99. The highest BCUT2D eigenvalue weighted by atomic mass is 32.4. The first-order valence-electron chi connectivity index (χ1n) is 10.5. The van der Waals surface area contributed by atoms with E-state index in [-0.39, 0.29) is 6.61 Å². The van der Waals surface area contributed by atoms with Gasteiger partial charge in [-0.2, -0.15) is 11.2 Å². The normalized spacial score (nSPS) is 26.0. The third-order valence-electron chi connectivity index (χ3n) is 5.25. The van der Waals surface area contributed by atoms with E-state index in [1.807, 2.05) is 0 Å². The summed E-state index contributed by atoms with van der Waals surface area (Å²) in [5.41, 5.74) is -0.674. The van der Waals surface area contributed by atoms with Gasteiger partial charge in [0, 0.05) is 27.7 Å². The Kier molecular flexibility index (Phi) is 11.0. The van der Waals surface area contributed by atoms with Crippen molar-refractivity contribution < 1.29 is 42.9 Å². The van der Waals surface area contributed by atoms with Gasteiger partial charge in [-0.1, -0.05) is 38.9 Å².